The van der Waals surface area contributed by atoms with Crippen molar-refractivity contribution in [1.29, 1.82) is 0 Å². The lowest BCUT2D eigenvalue weighted by atomic mass is 9.50. The molecule has 2 atom stereocenters. The van der Waals surface area contributed by atoms with Crippen molar-refractivity contribution in [2.75, 3.05) is 20.6 Å². The summed E-state index contributed by atoms with van der Waals surface area (Å²) in [4.78, 5) is 0. The van der Waals surface area contributed by atoms with E-state index in [2.05, 4.69) is 105 Å². The maximum Gasteiger partial charge on any atom is 0.104 e. The van der Waals surface area contributed by atoms with Crippen LogP contribution in [0.1, 0.15) is 32.3 Å². The van der Waals surface area contributed by atoms with E-state index in [-0.39, 0.29) is 24.0 Å². The van der Waals surface area contributed by atoms with E-state index in [1.54, 1.807) is 5.57 Å². The summed E-state index contributed by atoms with van der Waals surface area (Å²) < 4.78 is 2.35. The van der Waals surface area contributed by atoms with E-state index in [1.165, 1.54) is 39.6 Å². The number of quaternary nitrogens is 1. The van der Waals surface area contributed by atoms with Gasteiger partial charge in [0.25, 0.3) is 0 Å². The predicted octanol–water partition coefficient (Wildman–Crippen LogP) is 3.53. The summed E-state index contributed by atoms with van der Waals surface area (Å²) in [5, 5.41) is 0. The maximum absolute atomic E-state index is 2.61. The molecule has 5 rings (SSSR count). The molecule has 2 aromatic rings. The van der Waals surface area contributed by atoms with Crippen molar-refractivity contribution in [1.82, 2.24) is 0 Å². The molecule has 2 aromatic carbocycles. The summed E-state index contributed by atoms with van der Waals surface area (Å²) in [5.74, 6) is 1.73. The summed E-state index contributed by atoms with van der Waals surface area (Å²) >= 11 is 2.42. The highest BCUT2D eigenvalue weighted by atomic mass is 127. The van der Waals surface area contributed by atoms with Gasteiger partial charge in [0.2, 0.25) is 0 Å². The minimum atomic E-state index is 0. The van der Waals surface area contributed by atoms with Gasteiger partial charge in [-0.2, -0.15) is 0 Å². The third kappa shape index (κ3) is 4.51. The number of fused-ring (bicyclic) bond motifs is 1. The molecule has 2 bridgehead atoms. The third-order valence-corrected chi connectivity index (χ3v) is 7.81. The van der Waals surface area contributed by atoms with Crippen molar-refractivity contribution < 1.29 is 28.5 Å². The summed E-state index contributed by atoms with van der Waals surface area (Å²) in [6.07, 6.45) is 5.35. The highest BCUT2D eigenvalue weighted by Gasteiger charge is 2.50. The Morgan fingerprint density at radius 2 is 1.68 bits per heavy atom. The largest absolute Gasteiger partial charge is 1.00 e. The minimum Gasteiger partial charge on any atom is -1.00 e. The van der Waals surface area contributed by atoms with Gasteiger partial charge in [0.15, 0.2) is 0 Å². The molecule has 0 radical (unpaired) electrons. The van der Waals surface area contributed by atoms with Crippen molar-refractivity contribution in [3.8, 4) is 11.1 Å². The van der Waals surface area contributed by atoms with Crippen LogP contribution in [0, 0.1) is 20.8 Å². The van der Waals surface area contributed by atoms with E-state index in [0.717, 1.165) is 22.9 Å². The molecule has 0 aromatic heterocycles. The van der Waals surface area contributed by atoms with Gasteiger partial charge in [-0.05, 0) is 75.4 Å². The van der Waals surface area contributed by atoms with Gasteiger partial charge in [-0.3, -0.25) is 0 Å². The van der Waals surface area contributed by atoms with Crippen LogP contribution in [0.2, 0.25) is 0 Å². The predicted molar refractivity (Wildman–Crippen MR) is 123 cm³/mol. The molecular weight excluding hydrogens is 568 g/mol. The molecule has 3 aliphatic rings. The van der Waals surface area contributed by atoms with Crippen LogP contribution in [0.15, 0.2) is 60.2 Å². The second-order valence-corrected chi connectivity index (χ2v) is 11.0. The van der Waals surface area contributed by atoms with Crippen LogP contribution in [0.4, 0.5) is 0 Å². The lowest BCUT2D eigenvalue weighted by Crippen LogP contribution is -3.00. The van der Waals surface area contributed by atoms with Crippen LogP contribution in [0.5, 0.6) is 0 Å². The Bertz CT molecular complexity index is 864. The number of rotatable bonds is 5. The molecule has 0 unspecified atom stereocenters. The molecule has 0 heterocycles. The fourth-order valence-corrected chi connectivity index (χ4v) is 5.76. The monoisotopic (exact) mass is 599 g/mol. The molecule has 0 N–H and O–H groups in total. The van der Waals surface area contributed by atoms with Crippen LogP contribution in [0.3, 0.4) is 0 Å². The first kappa shape index (κ1) is 22.3. The van der Waals surface area contributed by atoms with E-state index < -0.39 is 0 Å². The second-order valence-electron chi connectivity index (χ2n) is 9.82. The van der Waals surface area contributed by atoms with E-state index in [4.69, 9.17) is 0 Å². The Labute approximate surface area is 201 Å². The van der Waals surface area contributed by atoms with Crippen LogP contribution in [0.25, 0.3) is 11.1 Å². The fraction of sp³-hybridized carbons (Fsp3) is 0.440. The standard InChI is InChI=1S/C25H31IN.HI/c1-25(2)21-13-19(14-22(25)15-21)17-27(3,4)16-18-9-11-20(12-10-18)23-7-5-6-8-24(23)26;/h5-13,21-22H,14-17H2,1-4H3;1H/q+1;/p-1/t21-,22+;/m1./s1. The van der Waals surface area contributed by atoms with Gasteiger partial charge < -0.3 is 28.5 Å². The van der Waals surface area contributed by atoms with Crippen LogP contribution in [-0.4, -0.2) is 25.1 Å². The van der Waals surface area contributed by atoms with Crippen molar-refractivity contribution in [2.45, 2.75) is 33.2 Å². The van der Waals surface area contributed by atoms with Crippen LogP contribution in [-0.2, 0) is 6.54 Å². The summed E-state index contributed by atoms with van der Waals surface area (Å²) in [6.45, 7) is 7.17. The minimum absolute atomic E-state index is 0. The smallest absolute Gasteiger partial charge is 0.104 e. The van der Waals surface area contributed by atoms with Crippen molar-refractivity contribution >= 4 is 22.6 Å². The number of hydrogen-bond acceptors (Lipinski definition) is 0. The second kappa shape index (κ2) is 8.38. The van der Waals surface area contributed by atoms with Gasteiger partial charge in [0, 0.05) is 9.13 Å². The topological polar surface area (TPSA) is 0 Å². The lowest BCUT2D eigenvalue weighted by molar-refractivity contribution is -0.899. The Morgan fingerprint density at radius 1 is 1.00 bits per heavy atom. The number of nitrogens with zero attached hydrogens (tertiary/aromatic N) is 1. The van der Waals surface area contributed by atoms with Crippen LogP contribution >= 0.6 is 22.6 Å². The first-order chi connectivity index (χ1) is 12.7. The van der Waals surface area contributed by atoms with Gasteiger partial charge >= 0.3 is 0 Å². The van der Waals surface area contributed by atoms with Crippen molar-refractivity contribution in [2.24, 2.45) is 17.3 Å². The van der Waals surface area contributed by atoms with E-state index >= 15 is 0 Å². The molecule has 1 nitrogen and oxygen atoms in total. The Morgan fingerprint density at radius 3 is 2.25 bits per heavy atom. The first-order valence-corrected chi connectivity index (χ1v) is 11.2. The maximum atomic E-state index is 2.61. The average molecular weight is 599 g/mol. The molecule has 1 saturated carbocycles. The molecule has 3 heteroatoms. The Hall–Kier alpha value is -0.400. The quantitative estimate of drug-likeness (QED) is 0.281. The Kier molecular flexibility index (Phi) is 6.67. The third-order valence-electron chi connectivity index (χ3n) is 6.87. The normalized spacial score (nSPS) is 22.7. The summed E-state index contributed by atoms with van der Waals surface area (Å²) in [7, 11) is 4.75. The number of hydrogen-bond donors (Lipinski definition) is 0. The summed E-state index contributed by atoms with van der Waals surface area (Å²) in [5.41, 5.74) is 6.30. The molecule has 1 fully saturated rings. The SMILES string of the molecule is CC1(C)[C@H]2CC(C[N+](C)(C)Cc3ccc(-c4ccccc4I)cc3)=C[C@@H]1C2.[I-]. The van der Waals surface area contributed by atoms with Gasteiger partial charge in [-0.15, -0.1) is 0 Å². The zero-order valence-corrected chi connectivity index (χ0v) is 21.7. The number of likely N-dealkylation sites (N-methyl/N-ethyl adjacent to an activating group) is 1. The van der Waals surface area contributed by atoms with Gasteiger partial charge in [0.05, 0.1) is 14.1 Å². The van der Waals surface area contributed by atoms with Gasteiger partial charge in [0.1, 0.15) is 13.1 Å². The van der Waals surface area contributed by atoms with Gasteiger partial charge in [-0.25, -0.2) is 0 Å². The fourth-order valence-electron chi connectivity index (χ4n) is 5.06. The molecule has 0 aliphatic heterocycles. The highest BCUT2D eigenvalue weighted by molar-refractivity contribution is 14.1. The Balaban J connectivity index is 0.00000225. The van der Waals surface area contributed by atoms with E-state index in [9.17, 15) is 0 Å². The number of benzene rings is 2. The van der Waals surface area contributed by atoms with Gasteiger partial charge in [-0.1, -0.05) is 62.4 Å². The van der Waals surface area contributed by atoms with E-state index in [0.29, 0.717) is 5.41 Å². The van der Waals surface area contributed by atoms with Crippen molar-refractivity contribution in [3.05, 3.63) is 69.3 Å². The molecule has 0 saturated heterocycles. The number of allylic oxidation sites excluding steroid dienone is 1. The highest BCUT2D eigenvalue weighted by Crippen LogP contribution is 2.58. The van der Waals surface area contributed by atoms with Crippen molar-refractivity contribution in [3.63, 3.8) is 0 Å². The lowest BCUT2D eigenvalue weighted by Gasteiger charge is -2.55. The summed E-state index contributed by atoms with van der Waals surface area (Å²) in [6, 6.07) is 17.8. The zero-order chi connectivity index (χ0) is 19.2. The zero-order valence-electron chi connectivity index (χ0n) is 17.4. The van der Waals surface area contributed by atoms with Crippen LogP contribution < -0.4 is 24.0 Å². The molecular formula is C25H31I2N. The molecule has 28 heavy (non-hydrogen) atoms. The molecule has 3 aliphatic carbocycles. The number of halogens is 2. The molecule has 0 amide bonds. The molecule has 0 spiro atoms. The average Bonchev–Trinajstić information content (AvgIpc) is 2.62. The first-order valence-electron chi connectivity index (χ1n) is 10.1. The van der Waals surface area contributed by atoms with E-state index in [1.807, 2.05) is 0 Å². The molecule has 150 valence electrons.